The summed E-state index contributed by atoms with van der Waals surface area (Å²) in [6.45, 7) is 3.34. The molecule has 1 aliphatic heterocycles. The van der Waals surface area contributed by atoms with E-state index in [1.54, 1.807) is 6.07 Å². The zero-order valence-corrected chi connectivity index (χ0v) is 11.5. The molecule has 3 rings (SSSR count). The van der Waals surface area contributed by atoms with Crippen molar-refractivity contribution in [2.75, 3.05) is 12.3 Å². The molecule has 2 aromatic rings. The van der Waals surface area contributed by atoms with E-state index in [4.69, 9.17) is 5.73 Å². The van der Waals surface area contributed by atoms with Gasteiger partial charge in [-0.2, -0.15) is 0 Å². The van der Waals surface area contributed by atoms with Crippen molar-refractivity contribution in [1.82, 2.24) is 9.88 Å². The Morgan fingerprint density at radius 3 is 2.95 bits per heavy atom. The lowest BCUT2D eigenvalue weighted by Crippen LogP contribution is -2.37. The highest BCUT2D eigenvalue weighted by Gasteiger charge is 2.24. The monoisotopic (exact) mass is 267 g/mol. The molecule has 0 saturated carbocycles. The number of fused-ring (bicyclic) bond motifs is 1. The predicted octanol–water partition coefficient (Wildman–Crippen LogP) is 2.17. The number of aryl methyl sites for hydroxylation is 1. The topological polar surface area (TPSA) is 59.2 Å². The molecule has 0 saturated heterocycles. The van der Waals surface area contributed by atoms with Gasteiger partial charge in [-0.3, -0.25) is 9.78 Å². The smallest absolute Gasteiger partial charge is 0.254 e. The van der Waals surface area contributed by atoms with Crippen LogP contribution in [0.2, 0.25) is 0 Å². The van der Waals surface area contributed by atoms with Crippen LogP contribution in [0.3, 0.4) is 0 Å². The molecule has 0 bridgehead atoms. The highest BCUT2D eigenvalue weighted by atomic mass is 16.2. The Kier molecular flexibility index (Phi) is 3.14. The second-order valence-corrected chi connectivity index (χ2v) is 5.26. The third-order valence-corrected chi connectivity index (χ3v) is 3.61. The van der Waals surface area contributed by atoms with Crippen molar-refractivity contribution in [3.05, 3.63) is 58.9 Å². The van der Waals surface area contributed by atoms with Crippen LogP contribution in [-0.4, -0.2) is 22.3 Å². The lowest BCUT2D eigenvalue weighted by molar-refractivity contribution is 0.0727. The first-order valence-electron chi connectivity index (χ1n) is 6.72. The van der Waals surface area contributed by atoms with Crippen molar-refractivity contribution >= 4 is 11.6 Å². The molecule has 0 spiro atoms. The minimum Gasteiger partial charge on any atom is -0.399 e. The van der Waals surface area contributed by atoms with E-state index in [0.717, 1.165) is 35.2 Å². The average Bonchev–Trinajstić information content (AvgIpc) is 2.43. The molecule has 0 aliphatic carbocycles. The van der Waals surface area contributed by atoms with E-state index in [-0.39, 0.29) is 5.91 Å². The molecule has 1 aromatic heterocycles. The highest BCUT2D eigenvalue weighted by Crippen LogP contribution is 2.22. The lowest BCUT2D eigenvalue weighted by Gasteiger charge is -2.28. The number of nitrogen functional groups attached to an aromatic ring is 1. The van der Waals surface area contributed by atoms with Crippen LogP contribution in [0.15, 0.2) is 36.7 Å². The van der Waals surface area contributed by atoms with Gasteiger partial charge in [0.2, 0.25) is 0 Å². The van der Waals surface area contributed by atoms with Crippen molar-refractivity contribution in [3.8, 4) is 0 Å². The number of nitrogens with zero attached hydrogens (tertiary/aromatic N) is 2. The molecule has 0 atom stereocenters. The Bertz CT molecular complexity index is 667. The van der Waals surface area contributed by atoms with Gasteiger partial charge < -0.3 is 10.6 Å². The number of carbonyl (C=O) groups is 1. The molecule has 0 fully saturated rings. The molecule has 0 radical (unpaired) electrons. The van der Waals surface area contributed by atoms with Gasteiger partial charge in [0, 0.05) is 36.7 Å². The number of hydrogen-bond donors (Lipinski definition) is 1. The summed E-state index contributed by atoms with van der Waals surface area (Å²) in [6, 6.07) is 7.65. The van der Waals surface area contributed by atoms with Gasteiger partial charge in [-0.1, -0.05) is 12.1 Å². The summed E-state index contributed by atoms with van der Waals surface area (Å²) in [6.07, 6.45) is 4.51. The van der Waals surface area contributed by atoms with Crippen molar-refractivity contribution in [3.63, 3.8) is 0 Å². The first-order valence-corrected chi connectivity index (χ1v) is 6.72. The largest absolute Gasteiger partial charge is 0.399 e. The third-order valence-electron chi connectivity index (χ3n) is 3.61. The first kappa shape index (κ1) is 12.7. The van der Waals surface area contributed by atoms with E-state index in [2.05, 4.69) is 11.1 Å². The Morgan fingerprint density at radius 2 is 2.15 bits per heavy atom. The van der Waals surface area contributed by atoms with Gasteiger partial charge in [0.1, 0.15) is 0 Å². The summed E-state index contributed by atoms with van der Waals surface area (Å²) < 4.78 is 0. The molecule has 2 N–H and O–H groups in total. The van der Waals surface area contributed by atoms with Gasteiger partial charge in [-0.05, 0) is 42.2 Å². The summed E-state index contributed by atoms with van der Waals surface area (Å²) in [7, 11) is 0. The van der Waals surface area contributed by atoms with Gasteiger partial charge >= 0.3 is 0 Å². The maximum Gasteiger partial charge on any atom is 0.254 e. The number of aromatic nitrogens is 1. The lowest BCUT2D eigenvalue weighted by atomic mass is 9.98. The quantitative estimate of drug-likeness (QED) is 0.848. The molecule has 102 valence electrons. The van der Waals surface area contributed by atoms with E-state index in [9.17, 15) is 4.79 Å². The minimum absolute atomic E-state index is 0.0556. The maximum absolute atomic E-state index is 12.5. The summed E-state index contributed by atoms with van der Waals surface area (Å²) in [5, 5.41) is 0. The fourth-order valence-electron chi connectivity index (χ4n) is 2.61. The van der Waals surface area contributed by atoms with E-state index in [1.807, 2.05) is 36.4 Å². The predicted molar refractivity (Wildman–Crippen MR) is 78.3 cm³/mol. The molecule has 1 amide bonds. The van der Waals surface area contributed by atoms with Gasteiger partial charge in [-0.15, -0.1) is 0 Å². The number of benzene rings is 1. The fraction of sp³-hybridized carbons (Fsp3) is 0.250. The van der Waals surface area contributed by atoms with Gasteiger partial charge in [0.05, 0.1) is 0 Å². The maximum atomic E-state index is 12.5. The van der Waals surface area contributed by atoms with Gasteiger partial charge in [-0.25, -0.2) is 0 Å². The average molecular weight is 267 g/mol. The Morgan fingerprint density at radius 1 is 1.30 bits per heavy atom. The van der Waals surface area contributed by atoms with Crippen LogP contribution in [0.1, 0.15) is 27.0 Å². The minimum atomic E-state index is 0.0556. The molecule has 2 heterocycles. The van der Waals surface area contributed by atoms with Crippen molar-refractivity contribution < 1.29 is 4.79 Å². The Balaban J connectivity index is 1.85. The number of amides is 1. The number of carbonyl (C=O) groups excluding carboxylic acids is 1. The van der Waals surface area contributed by atoms with E-state index < -0.39 is 0 Å². The van der Waals surface area contributed by atoms with Crippen LogP contribution in [0.25, 0.3) is 0 Å². The molecule has 20 heavy (non-hydrogen) atoms. The van der Waals surface area contributed by atoms with Crippen LogP contribution in [0.4, 0.5) is 5.69 Å². The van der Waals surface area contributed by atoms with Crippen LogP contribution in [0.5, 0.6) is 0 Å². The fourth-order valence-corrected chi connectivity index (χ4v) is 2.61. The molecule has 4 nitrogen and oxygen atoms in total. The van der Waals surface area contributed by atoms with E-state index in [1.165, 1.54) is 0 Å². The Labute approximate surface area is 118 Å². The molecule has 4 heteroatoms. The number of hydrogen-bond acceptors (Lipinski definition) is 3. The second-order valence-electron chi connectivity index (χ2n) is 5.26. The van der Waals surface area contributed by atoms with Crippen LogP contribution >= 0.6 is 0 Å². The molecule has 1 aromatic carbocycles. The van der Waals surface area contributed by atoms with Crippen molar-refractivity contribution in [1.29, 1.82) is 0 Å². The summed E-state index contributed by atoms with van der Waals surface area (Å²) >= 11 is 0. The summed E-state index contributed by atoms with van der Waals surface area (Å²) in [5.74, 6) is 0.0556. The summed E-state index contributed by atoms with van der Waals surface area (Å²) in [5.41, 5.74) is 10.4. The number of anilines is 1. The molecular weight excluding hydrogens is 250 g/mol. The SMILES string of the molecule is Cc1cncc(CN2CCc3ccc(N)cc3C2=O)c1. The van der Waals surface area contributed by atoms with E-state index in [0.29, 0.717) is 12.2 Å². The van der Waals surface area contributed by atoms with Crippen molar-refractivity contribution in [2.45, 2.75) is 19.9 Å². The molecule has 0 unspecified atom stereocenters. The standard InChI is InChI=1S/C16H17N3O/c1-11-6-12(9-18-8-11)10-19-5-4-13-2-3-14(17)7-15(13)16(19)20/h2-3,6-9H,4-5,10,17H2,1H3. The second kappa shape index (κ2) is 4.96. The molecule has 1 aliphatic rings. The number of pyridine rings is 1. The number of rotatable bonds is 2. The van der Waals surface area contributed by atoms with Crippen molar-refractivity contribution in [2.24, 2.45) is 0 Å². The number of nitrogens with two attached hydrogens (primary N) is 1. The van der Waals surface area contributed by atoms with Crippen LogP contribution in [0, 0.1) is 6.92 Å². The third kappa shape index (κ3) is 2.37. The zero-order chi connectivity index (χ0) is 14.1. The normalized spacial score (nSPS) is 14.2. The van der Waals surface area contributed by atoms with Gasteiger partial charge in [0.15, 0.2) is 0 Å². The summed E-state index contributed by atoms with van der Waals surface area (Å²) in [4.78, 5) is 18.5. The van der Waals surface area contributed by atoms with E-state index >= 15 is 0 Å². The zero-order valence-electron chi connectivity index (χ0n) is 11.5. The van der Waals surface area contributed by atoms with Crippen LogP contribution < -0.4 is 5.73 Å². The Hall–Kier alpha value is -2.36. The van der Waals surface area contributed by atoms with Crippen LogP contribution in [-0.2, 0) is 13.0 Å². The highest BCUT2D eigenvalue weighted by molar-refractivity contribution is 5.97. The first-order chi connectivity index (χ1) is 9.63. The van der Waals surface area contributed by atoms with Gasteiger partial charge in [0.25, 0.3) is 5.91 Å². The molecular formula is C16H17N3O.